The molecular weight excluding hydrogens is 276 g/mol. The van der Waals surface area contributed by atoms with Crippen LogP contribution in [0.4, 0.5) is 0 Å². The number of nitrogens with two attached hydrogens (primary N) is 1. The van der Waals surface area contributed by atoms with Gasteiger partial charge in [0.2, 0.25) is 0 Å². The van der Waals surface area contributed by atoms with E-state index in [1.165, 1.54) is 0 Å². The zero-order chi connectivity index (χ0) is 14.1. The number of nitrogens with one attached hydrogen (secondary N) is 1. The topological polar surface area (TPSA) is 80.7 Å². The van der Waals surface area contributed by atoms with Crippen molar-refractivity contribution in [3.63, 3.8) is 0 Å². The highest BCUT2D eigenvalue weighted by atomic mass is 35.5. The molecule has 102 valence electrons. The van der Waals surface area contributed by atoms with E-state index in [4.69, 9.17) is 21.8 Å². The minimum absolute atomic E-state index is 0.374. The Labute approximate surface area is 120 Å². The highest BCUT2D eigenvalue weighted by molar-refractivity contribution is 6.30. The summed E-state index contributed by atoms with van der Waals surface area (Å²) in [6.45, 7) is 1.87. The second kappa shape index (κ2) is 5.11. The van der Waals surface area contributed by atoms with Crippen LogP contribution in [0.2, 0.25) is 5.02 Å². The minimum Gasteiger partial charge on any atom is -0.469 e. The molecule has 3 N–H and O–H groups in total. The number of rotatable bonds is 3. The second-order valence-electron chi connectivity index (χ2n) is 4.46. The molecule has 0 saturated heterocycles. The zero-order valence-corrected chi connectivity index (χ0v) is 11.6. The predicted molar refractivity (Wildman–Crippen MR) is 76.3 cm³/mol. The molecule has 0 bridgehead atoms. The van der Waals surface area contributed by atoms with E-state index in [-0.39, 0.29) is 6.04 Å². The molecule has 3 aromatic rings. The Morgan fingerprint density at radius 3 is 2.65 bits per heavy atom. The normalized spacial score (nSPS) is 12.6. The lowest BCUT2D eigenvalue weighted by molar-refractivity contribution is 0.535. The van der Waals surface area contributed by atoms with Crippen molar-refractivity contribution in [3.8, 4) is 11.4 Å². The maximum atomic E-state index is 6.17. The molecule has 5 nitrogen and oxygen atoms in total. The maximum Gasteiger partial charge on any atom is 0.184 e. The van der Waals surface area contributed by atoms with Gasteiger partial charge in [-0.15, -0.1) is 0 Å². The number of aromatic amines is 1. The summed E-state index contributed by atoms with van der Waals surface area (Å²) in [5.74, 6) is 1.95. The Bertz CT molecular complexity index is 717. The quantitative estimate of drug-likeness (QED) is 0.776. The molecule has 0 amide bonds. The summed E-state index contributed by atoms with van der Waals surface area (Å²) >= 11 is 5.86. The number of aryl methyl sites for hydroxylation is 1. The number of halogens is 1. The number of aromatic nitrogens is 3. The molecule has 0 saturated carbocycles. The van der Waals surface area contributed by atoms with Gasteiger partial charge in [-0.1, -0.05) is 23.7 Å². The molecule has 0 spiro atoms. The predicted octanol–water partition coefficient (Wildman–Crippen LogP) is 3.07. The molecule has 2 heterocycles. The first-order valence-electron chi connectivity index (χ1n) is 6.13. The van der Waals surface area contributed by atoms with E-state index in [0.717, 1.165) is 16.9 Å². The Morgan fingerprint density at radius 2 is 2.00 bits per heavy atom. The van der Waals surface area contributed by atoms with Crippen LogP contribution >= 0.6 is 11.6 Å². The van der Waals surface area contributed by atoms with Crippen molar-refractivity contribution in [1.29, 1.82) is 0 Å². The highest BCUT2D eigenvalue weighted by Crippen LogP contribution is 2.23. The van der Waals surface area contributed by atoms with Crippen LogP contribution in [0.3, 0.4) is 0 Å². The number of nitrogens with zero attached hydrogens (tertiary/aromatic N) is 2. The smallest absolute Gasteiger partial charge is 0.184 e. The maximum absolute atomic E-state index is 6.17. The largest absolute Gasteiger partial charge is 0.469 e. The van der Waals surface area contributed by atoms with Gasteiger partial charge in [0.25, 0.3) is 0 Å². The lowest BCUT2D eigenvalue weighted by Gasteiger charge is -2.08. The fourth-order valence-electron chi connectivity index (χ4n) is 1.98. The van der Waals surface area contributed by atoms with Gasteiger partial charge >= 0.3 is 0 Å². The summed E-state index contributed by atoms with van der Waals surface area (Å²) in [6, 6.07) is 8.80. The van der Waals surface area contributed by atoms with E-state index >= 15 is 0 Å². The standard InChI is InChI=1S/C14H13ClN4O/c1-8-11(6-7-20-8)13-17-14(19-18-13)12(16)9-2-4-10(15)5-3-9/h2-7,12H,16H2,1H3,(H,17,18,19)/t12-/m0/s1. The fourth-order valence-corrected chi connectivity index (χ4v) is 2.10. The van der Waals surface area contributed by atoms with Crippen LogP contribution in [0.1, 0.15) is 23.2 Å². The Morgan fingerprint density at radius 1 is 1.25 bits per heavy atom. The van der Waals surface area contributed by atoms with Crippen molar-refractivity contribution in [2.75, 3.05) is 0 Å². The van der Waals surface area contributed by atoms with Gasteiger partial charge in [-0.3, -0.25) is 5.10 Å². The number of hydrogen-bond donors (Lipinski definition) is 2. The molecule has 0 unspecified atom stereocenters. The summed E-state index contributed by atoms with van der Waals surface area (Å²) in [5, 5.41) is 7.73. The van der Waals surface area contributed by atoms with Crippen LogP contribution in [0.5, 0.6) is 0 Å². The third kappa shape index (κ3) is 2.33. The monoisotopic (exact) mass is 288 g/mol. The van der Waals surface area contributed by atoms with Gasteiger partial charge in [-0.05, 0) is 30.7 Å². The van der Waals surface area contributed by atoms with Crippen LogP contribution in [0.25, 0.3) is 11.4 Å². The van der Waals surface area contributed by atoms with Crippen molar-refractivity contribution in [2.24, 2.45) is 5.73 Å². The lowest BCUT2D eigenvalue weighted by Crippen LogP contribution is -2.13. The SMILES string of the molecule is Cc1occc1-c1n[nH]c([C@@H](N)c2ccc(Cl)cc2)n1. The molecule has 6 heteroatoms. The summed E-state index contributed by atoms with van der Waals surface area (Å²) in [6.07, 6.45) is 1.61. The second-order valence-corrected chi connectivity index (χ2v) is 4.90. The molecule has 1 atom stereocenters. The first-order chi connectivity index (χ1) is 9.65. The molecule has 20 heavy (non-hydrogen) atoms. The van der Waals surface area contributed by atoms with Crippen molar-refractivity contribution in [1.82, 2.24) is 15.2 Å². The molecular formula is C14H13ClN4O. The molecule has 0 aliphatic rings. The van der Waals surface area contributed by atoms with E-state index in [1.54, 1.807) is 18.4 Å². The van der Waals surface area contributed by atoms with Crippen LogP contribution in [-0.2, 0) is 0 Å². The molecule has 2 aromatic heterocycles. The Balaban J connectivity index is 1.90. The molecule has 0 aliphatic carbocycles. The van der Waals surface area contributed by atoms with E-state index in [1.807, 2.05) is 25.1 Å². The van der Waals surface area contributed by atoms with Gasteiger partial charge < -0.3 is 10.2 Å². The lowest BCUT2D eigenvalue weighted by atomic mass is 10.1. The molecule has 3 rings (SSSR count). The summed E-state index contributed by atoms with van der Waals surface area (Å²) in [7, 11) is 0. The summed E-state index contributed by atoms with van der Waals surface area (Å²) in [5.41, 5.74) is 7.95. The highest BCUT2D eigenvalue weighted by Gasteiger charge is 2.16. The number of H-pyrrole nitrogens is 1. The van der Waals surface area contributed by atoms with Gasteiger partial charge in [-0.2, -0.15) is 5.10 Å². The summed E-state index contributed by atoms with van der Waals surface area (Å²) < 4.78 is 5.25. The van der Waals surface area contributed by atoms with Gasteiger partial charge in [0, 0.05) is 5.02 Å². The first kappa shape index (κ1) is 12.9. The third-order valence-corrected chi connectivity index (χ3v) is 3.38. The van der Waals surface area contributed by atoms with Gasteiger partial charge in [0.05, 0.1) is 17.9 Å². The van der Waals surface area contributed by atoms with E-state index in [9.17, 15) is 0 Å². The number of furan rings is 1. The first-order valence-corrected chi connectivity index (χ1v) is 6.51. The van der Waals surface area contributed by atoms with E-state index in [2.05, 4.69) is 15.2 Å². The van der Waals surface area contributed by atoms with Gasteiger partial charge in [0.15, 0.2) is 5.82 Å². The number of benzene rings is 1. The van der Waals surface area contributed by atoms with Crippen molar-refractivity contribution < 1.29 is 4.42 Å². The van der Waals surface area contributed by atoms with Crippen LogP contribution in [0.15, 0.2) is 41.0 Å². The zero-order valence-electron chi connectivity index (χ0n) is 10.8. The molecule has 0 fully saturated rings. The van der Waals surface area contributed by atoms with Gasteiger partial charge in [-0.25, -0.2) is 4.98 Å². The van der Waals surface area contributed by atoms with Gasteiger partial charge in [0.1, 0.15) is 11.6 Å². The average molecular weight is 289 g/mol. The minimum atomic E-state index is -0.374. The number of hydrogen-bond acceptors (Lipinski definition) is 4. The van der Waals surface area contributed by atoms with E-state index in [0.29, 0.717) is 16.7 Å². The summed E-state index contributed by atoms with van der Waals surface area (Å²) in [4.78, 5) is 4.43. The molecule has 1 aromatic carbocycles. The fraction of sp³-hybridized carbons (Fsp3) is 0.143. The van der Waals surface area contributed by atoms with Crippen molar-refractivity contribution in [2.45, 2.75) is 13.0 Å². The van der Waals surface area contributed by atoms with Crippen LogP contribution < -0.4 is 5.73 Å². The third-order valence-electron chi connectivity index (χ3n) is 3.13. The van der Waals surface area contributed by atoms with Crippen molar-refractivity contribution >= 4 is 11.6 Å². The molecule has 0 radical (unpaired) electrons. The van der Waals surface area contributed by atoms with Crippen LogP contribution in [-0.4, -0.2) is 15.2 Å². The van der Waals surface area contributed by atoms with Crippen LogP contribution in [0, 0.1) is 6.92 Å². The molecule has 0 aliphatic heterocycles. The Hall–Kier alpha value is -2.11. The average Bonchev–Trinajstić information content (AvgIpc) is 3.07. The van der Waals surface area contributed by atoms with Crippen molar-refractivity contribution in [3.05, 3.63) is 58.8 Å². The van der Waals surface area contributed by atoms with E-state index < -0.39 is 0 Å². The Kier molecular flexibility index (Phi) is 3.30.